The van der Waals surface area contributed by atoms with Crippen molar-refractivity contribution in [1.29, 1.82) is 0 Å². The summed E-state index contributed by atoms with van der Waals surface area (Å²) in [5.74, 6) is 1.67. The number of aliphatic hydroxyl groups is 1. The van der Waals surface area contributed by atoms with Gasteiger partial charge in [-0.2, -0.15) is 0 Å². The predicted molar refractivity (Wildman–Crippen MR) is 75.3 cm³/mol. The molecule has 0 spiro atoms. The topological polar surface area (TPSA) is 49.2 Å². The van der Waals surface area contributed by atoms with Gasteiger partial charge in [-0.25, -0.2) is 9.97 Å². The van der Waals surface area contributed by atoms with Crippen molar-refractivity contribution in [2.45, 2.75) is 38.2 Å². The number of hydrogen-bond acceptors (Lipinski definition) is 4. The third-order valence-corrected chi connectivity index (χ3v) is 4.81. The molecule has 4 nitrogen and oxygen atoms in total. The molecule has 3 rings (SSSR count). The quantitative estimate of drug-likeness (QED) is 0.925. The Morgan fingerprint density at radius 3 is 2.21 bits per heavy atom. The Morgan fingerprint density at radius 1 is 1.16 bits per heavy atom. The lowest BCUT2D eigenvalue weighted by molar-refractivity contribution is -0.0310. The van der Waals surface area contributed by atoms with E-state index in [1.54, 1.807) is 12.4 Å². The number of rotatable bonds is 3. The van der Waals surface area contributed by atoms with E-state index in [4.69, 9.17) is 11.6 Å². The van der Waals surface area contributed by atoms with Gasteiger partial charge in [-0.15, -0.1) is 0 Å². The minimum atomic E-state index is -0.479. The highest BCUT2D eigenvalue weighted by Gasteiger charge is 2.46. The summed E-state index contributed by atoms with van der Waals surface area (Å²) in [5.41, 5.74) is -0.479. The SMILES string of the molecule is CC(O)(C1CC1)C1CCN(c2ncc(Cl)cn2)CC1. The van der Waals surface area contributed by atoms with Crippen LogP contribution in [-0.4, -0.2) is 33.8 Å². The van der Waals surface area contributed by atoms with Crippen LogP contribution in [0.2, 0.25) is 5.02 Å². The summed E-state index contributed by atoms with van der Waals surface area (Å²) in [6.45, 7) is 3.84. The second-order valence-electron chi connectivity index (χ2n) is 5.96. The Labute approximate surface area is 118 Å². The Balaban J connectivity index is 1.61. The summed E-state index contributed by atoms with van der Waals surface area (Å²) in [7, 11) is 0. The van der Waals surface area contributed by atoms with Crippen LogP contribution in [0.5, 0.6) is 0 Å². The highest BCUT2D eigenvalue weighted by atomic mass is 35.5. The number of piperidine rings is 1. The van der Waals surface area contributed by atoms with Gasteiger partial charge in [0.25, 0.3) is 0 Å². The fourth-order valence-corrected chi connectivity index (χ4v) is 3.23. The van der Waals surface area contributed by atoms with Gasteiger partial charge in [0.2, 0.25) is 5.95 Å². The Kier molecular flexibility index (Phi) is 3.39. The summed E-state index contributed by atoms with van der Waals surface area (Å²) in [5, 5.41) is 11.2. The van der Waals surface area contributed by atoms with E-state index in [1.165, 1.54) is 12.8 Å². The summed E-state index contributed by atoms with van der Waals surface area (Å²) in [4.78, 5) is 10.7. The molecule has 1 saturated carbocycles. The summed E-state index contributed by atoms with van der Waals surface area (Å²) >= 11 is 5.80. The number of anilines is 1. The molecular weight excluding hydrogens is 262 g/mol. The Morgan fingerprint density at radius 2 is 1.68 bits per heavy atom. The molecule has 2 aliphatic rings. The zero-order valence-electron chi connectivity index (χ0n) is 11.2. The van der Waals surface area contributed by atoms with Crippen LogP contribution in [-0.2, 0) is 0 Å². The monoisotopic (exact) mass is 281 g/mol. The normalized spacial score (nSPS) is 24.3. The molecule has 1 aromatic rings. The third-order valence-electron chi connectivity index (χ3n) is 4.61. The Hall–Kier alpha value is -0.870. The maximum atomic E-state index is 10.6. The van der Waals surface area contributed by atoms with Crippen LogP contribution < -0.4 is 4.90 Å². The molecule has 5 heteroatoms. The fourth-order valence-electron chi connectivity index (χ4n) is 3.13. The third kappa shape index (κ3) is 2.70. The zero-order chi connectivity index (χ0) is 13.5. The summed E-state index contributed by atoms with van der Waals surface area (Å²) < 4.78 is 0. The second kappa shape index (κ2) is 4.91. The fraction of sp³-hybridized carbons (Fsp3) is 0.714. The maximum Gasteiger partial charge on any atom is 0.225 e. The maximum absolute atomic E-state index is 10.6. The standard InChI is InChI=1S/C14H20ClN3O/c1-14(19,10-2-3-10)11-4-6-18(7-5-11)13-16-8-12(15)9-17-13/h8-11,19H,2-7H2,1H3. The van der Waals surface area contributed by atoms with Crippen molar-refractivity contribution >= 4 is 17.5 Å². The molecule has 1 aromatic heterocycles. The number of aromatic nitrogens is 2. The van der Waals surface area contributed by atoms with E-state index in [0.717, 1.165) is 31.9 Å². The van der Waals surface area contributed by atoms with Crippen LogP contribution in [0.1, 0.15) is 32.6 Å². The van der Waals surface area contributed by atoms with Gasteiger partial charge in [-0.05, 0) is 44.4 Å². The first-order valence-electron chi connectivity index (χ1n) is 7.02. The van der Waals surface area contributed by atoms with Crippen LogP contribution in [0, 0.1) is 11.8 Å². The van der Waals surface area contributed by atoms with Crippen LogP contribution in [0.4, 0.5) is 5.95 Å². The molecule has 0 aromatic carbocycles. The first-order chi connectivity index (χ1) is 9.07. The minimum Gasteiger partial charge on any atom is -0.390 e. The van der Waals surface area contributed by atoms with Gasteiger partial charge in [0.1, 0.15) is 0 Å². The summed E-state index contributed by atoms with van der Waals surface area (Å²) in [6.07, 6.45) is 7.67. The minimum absolute atomic E-state index is 0.406. The summed E-state index contributed by atoms with van der Waals surface area (Å²) in [6, 6.07) is 0. The van der Waals surface area contributed by atoms with Crippen molar-refractivity contribution in [1.82, 2.24) is 9.97 Å². The molecule has 1 saturated heterocycles. The highest BCUT2D eigenvalue weighted by molar-refractivity contribution is 6.30. The van der Waals surface area contributed by atoms with E-state index < -0.39 is 5.60 Å². The molecule has 0 amide bonds. The van der Waals surface area contributed by atoms with Crippen molar-refractivity contribution in [2.24, 2.45) is 11.8 Å². The molecule has 1 aliphatic heterocycles. The van der Waals surface area contributed by atoms with Crippen molar-refractivity contribution < 1.29 is 5.11 Å². The Bertz CT molecular complexity index is 437. The second-order valence-corrected chi connectivity index (χ2v) is 6.40. The molecule has 2 fully saturated rings. The van der Waals surface area contributed by atoms with E-state index in [-0.39, 0.29) is 0 Å². The molecular formula is C14H20ClN3O. The van der Waals surface area contributed by atoms with Gasteiger partial charge in [-0.3, -0.25) is 0 Å². The van der Waals surface area contributed by atoms with Crippen molar-refractivity contribution in [3.05, 3.63) is 17.4 Å². The van der Waals surface area contributed by atoms with E-state index in [0.29, 0.717) is 16.9 Å². The van der Waals surface area contributed by atoms with E-state index in [1.807, 2.05) is 6.92 Å². The molecule has 1 atom stereocenters. The highest BCUT2D eigenvalue weighted by Crippen LogP contribution is 2.46. The van der Waals surface area contributed by atoms with E-state index in [9.17, 15) is 5.11 Å². The predicted octanol–water partition coefficient (Wildman–Crippen LogP) is 2.51. The van der Waals surface area contributed by atoms with Crippen LogP contribution >= 0.6 is 11.6 Å². The average molecular weight is 282 g/mol. The zero-order valence-corrected chi connectivity index (χ0v) is 12.0. The average Bonchev–Trinajstić information content (AvgIpc) is 3.24. The largest absolute Gasteiger partial charge is 0.390 e. The molecule has 2 heterocycles. The molecule has 1 unspecified atom stereocenters. The molecule has 0 bridgehead atoms. The van der Waals surface area contributed by atoms with Crippen molar-refractivity contribution in [3.63, 3.8) is 0 Å². The van der Waals surface area contributed by atoms with Gasteiger partial charge in [-0.1, -0.05) is 11.6 Å². The first-order valence-corrected chi connectivity index (χ1v) is 7.40. The van der Waals surface area contributed by atoms with Gasteiger partial charge < -0.3 is 10.0 Å². The lowest BCUT2D eigenvalue weighted by Crippen LogP contribution is -2.45. The van der Waals surface area contributed by atoms with E-state index in [2.05, 4.69) is 14.9 Å². The van der Waals surface area contributed by atoms with Crippen LogP contribution in [0.3, 0.4) is 0 Å². The molecule has 0 radical (unpaired) electrons. The van der Waals surface area contributed by atoms with Crippen LogP contribution in [0.15, 0.2) is 12.4 Å². The molecule has 1 N–H and O–H groups in total. The number of nitrogens with zero attached hydrogens (tertiary/aromatic N) is 3. The molecule has 1 aliphatic carbocycles. The van der Waals surface area contributed by atoms with Crippen LogP contribution in [0.25, 0.3) is 0 Å². The van der Waals surface area contributed by atoms with Crippen molar-refractivity contribution in [3.8, 4) is 0 Å². The lowest BCUT2D eigenvalue weighted by atomic mass is 9.78. The van der Waals surface area contributed by atoms with Gasteiger partial charge in [0.05, 0.1) is 23.0 Å². The van der Waals surface area contributed by atoms with Crippen molar-refractivity contribution in [2.75, 3.05) is 18.0 Å². The number of hydrogen-bond donors (Lipinski definition) is 1. The van der Waals surface area contributed by atoms with Gasteiger partial charge >= 0.3 is 0 Å². The number of halogens is 1. The van der Waals surface area contributed by atoms with E-state index >= 15 is 0 Å². The molecule has 19 heavy (non-hydrogen) atoms. The first kappa shape index (κ1) is 13.1. The lowest BCUT2D eigenvalue weighted by Gasteiger charge is -2.39. The smallest absolute Gasteiger partial charge is 0.225 e. The molecule has 104 valence electrons. The van der Waals surface area contributed by atoms with Gasteiger partial charge in [0.15, 0.2) is 0 Å². The van der Waals surface area contributed by atoms with Gasteiger partial charge in [0, 0.05) is 13.1 Å².